The highest BCUT2D eigenvalue weighted by molar-refractivity contribution is 5.93. The molecule has 36 atom stereocenters. The number of hydrogen-bond acceptors (Lipinski definition) is 0. The van der Waals surface area contributed by atoms with Gasteiger partial charge in [-0.2, -0.15) is 0 Å². The molecule has 0 radical (unpaired) electrons. The van der Waals surface area contributed by atoms with Gasteiger partial charge in [-0.3, -0.25) is 0 Å². The summed E-state index contributed by atoms with van der Waals surface area (Å²) in [6.07, 6.45) is 5.42. The van der Waals surface area contributed by atoms with Gasteiger partial charge in [0.25, 0.3) is 0 Å². The van der Waals surface area contributed by atoms with Gasteiger partial charge in [0, 0.05) is 0 Å². The quantitative estimate of drug-likeness (QED) is 0.478. The van der Waals surface area contributed by atoms with E-state index in [2.05, 4.69) is 0 Å². The zero-order valence-electron chi connectivity index (χ0n) is 21.8. The van der Waals surface area contributed by atoms with Gasteiger partial charge in [-0.05, 0) is 225 Å². The van der Waals surface area contributed by atoms with Crippen LogP contribution in [0.3, 0.4) is 0 Å². The highest BCUT2D eigenvalue weighted by Crippen LogP contribution is 3.50. The molecule has 26 rings (SSSR count). The molecular formula is C39H28. The Balaban J connectivity index is 0.936. The number of hydrogen-bond donors (Lipinski definition) is 0. The van der Waals surface area contributed by atoms with Gasteiger partial charge >= 0.3 is 0 Å². The van der Waals surface area contributed by atoms with E-state index in [-0.39, 0.29) is 0 Å². The maximum absolute atomic E-state index is 1.82. The maximum Gasteiger partial charge on any atom is -0.00506 e. The van der Waals surface area contributed by atoms with Crippen LogP contribution >= 0.6 is 0 Å². The van der Waals surface area contributed by atoms with Crippen LogP contribution in [-0.2, 0) is 0 Å². The van der Waals surface area contributed by atoms with Crippen molar-refractivity contribution in [3.8, 4) is 0 Å². The zero-order chi connectivity index (χ0) is 21.8. The van der Waals surface area contributed by atoms with Gasteiger partial charge in [0.2, 0.25) is 0 Å². The number of rotatable bonds is 0. The van der Waals surface area contributed by atoms with E-state index in [0.29, 0.717) is 0 Å². The standard InChI is InChI=1S/C39H28/c1-4-5-2-9-13-20-21-18-17-15-11-7-3-6-10-14-16-19-12-8(1)28(4)29(5,9)37(13)36(12,28)38(19)34(16)25-23-22-24-26(10,14)27(6,7)32(11,24)30(15,22)31(17,23)33(18,25)35(21,34)39(20,37)38/h4-25H,1-3H2. The molecule has 39 heavy (non-hydrogen) atoms. The van der Waals surface area contributed by atoms with E-state index in [9.17, 15) is 0 Å². The number of fused-ring (bicyclic) bond motifs is 15. The van der Waals surface area contributed by atoms with Crippen molar-refractivity contribution < 1.29 is 0 Å². The van der Waals surface area contributed by atoms with Crippen LogP contribution in [0.2, 0.25) is 0 Å². The molecule has 36 unspecified atom stereocenters. The normalized spacial score (nSPS) is 132. The van der Waals surface area contributed by atoms with E-state index in [1.807, 2.05) is 6.42 Å². The van der Waals surface area contributed by atoms with E-state index in [0.717, 1.165) is 75.8 Å². The van der Waals surface area contributed by atoms with Crippen molar-refractivity contribution in [2.45, 2.75) is 19.3 Å². The largest absolute Gasteiger partial charge is 0.0458 e. The smallest absolute Gasteiger partial charge is 0.00506 e. The Morgan fingerprint density at radius 2 is 0.821 bits per heavy atom. The van der Waals surface area contributed by atoms with Crippen molar-refractivity contribution in [3.05, 3.63) is 0 Å². The lowest BCUT2D eigenvalue weighted by Crippen LogP contribution is -3.45. The lowest BCUT2D eigenvalue weighted by atomic mass is 8.55. The summed E-state index contributed by atoms with van der Waals surface area (Å²) >= 11 is 0. The van der Waals surface area contributed by atoms with E-state index >= 15 is 0 Å². The van der Waals surface area contributed by atoms with Gasteiger partial charge in [0.05, 0.1) is 0 Å². The second-order valence-corrected chi connectivity index (χ2v) is 24.6. The second-order valence-electron chi connectivity index (χ2n) is 24.6. The topological polar surface area (TPSA) is 0 Å². The third-order valence-electron chi connectivity index (χ3n) is 31.9. The lowest BCUT2D eigenvalue weighted by Gasteiger charge is -3.47. The monoisotopic (exact) mass is 496 g/mol. The molecule has 0 aliphatic heterocycles. The summed E-state index contributed by atoms with van der Waals surface area (Å²) in [7, 11) is 0. The first-order valence-corrected chi connectivity index (χ1v) is 19.4. The Morgan fingerprint density at radius 3 is 1.69 bits per heavy atom. The molecule has 0 aromatic rings. The SMILES string of the molecule is C1C2C3C4C5C6C7C8CC9C%10CC%11C%12C%13C%14C%15C%16C%17C%18C1C21C34C2C3C4C%19C%15(C%164C%173C%1821)C%141C5%19C62C73C98C%10%11C%123C%1312. The molecule has 0 aromatic heterocycles. The highest BCUT2D eigenvalue weighted by Gasteiger charge is 3.48. The van der Waals surface area contributed by atoms with Crippen molar-refractivity contribution in [2.24, 2.45) is 206 Å². The maximum atomic E-state index is 1.82. The third kappa shape index (κ3) is 0.360. The molecule has 0 heterocycles. The molecule has 0 nitrogen and oxygen atoms in total. The Hall–Kier alpha value is 0. The van der Waals surface area contributed by atoms with Crippen LogP contribution in [-0.4, -0.2) is 0 Å². The minimum atomic E-state index is 1.09. The zero-order valence-corrected chi connectivity index (χ0v) is 21.8. The van der Waals surface area contributed by atoms with Crippen LogP contribution < -0.4 is 0 Å². The molecule has 0 amide bonds. The van der Waals surface area contributed by atoms with E-state index in [1.54, 1.807) is 12.8 Å². The minimum Gasteiger partial charge on any atom is -0.0458 e. The first-order chi connectivity index (χ1) is 19.4. The van der Waals surface area contributed by atoms with Crippen LogP contribution in [0.4, 0.5) is 0 Å². The molecule has 0 saturated heterocycles. The first kappa shape index (κ1) is 13.7. The van der Waals surface area contributed by atoms with Crippen molar-refractivity contribution in [2.75, 3.05) is 0 Å². The van der Waals surface area contributed by atoms with Gasteiger partial charge in [-0.1, -0.05) is 0 Å². The average molecular weight is 497 g/mol. The highest BCUT2D eigenvalue weighted by atomic mass is 15.5. The molecule has 26 fully saturated rings. The molecule has 26 aliphatic rings. The summed E-state index contributed by atoms with van der Waals surface area (Å²) in [6.45, 7) is 0. The molecule has 0 heteroatoms. The molecule has 0 aromatic carbocycles. The molecule has 26 saturated carbocycles. The van der Waals surface area contributed by atoms with Crippen molar-refractivity contribution in [3.63, 3.8) is 0 Å². The Bertz CT molecular complexity index is 2220. The van der Waals surface area contributed by atoms with Gasteiger partial charge in [-0.15, -0.1) is 0 Å². The summed E-state index contributed by atoms with van der Waals surface area (Å²) in [5, 5.41) is 0. The van der Waals surface area contributed by atoms with Crippen molar-refractivity contribution in [1.82, 2.24) is 0 Å². The molecular weight excluding hydrogens is 468 g/mol. The van der Waals surface area contributed by atoms with Crippen molar-refractivity contribution >= 4 is 0 Å². The molecule has 0 N–H and O–H groups in total. The third-order valence-corrected chi connectivity index (χ3v) is 31.9. The van der Waals surface area contributed by atoms with Crippen LogP contribution in [0.5, 0.6) is 0 Å². The Kier molecular flexibility index (Phi) is 0.783. The second kappa shape index (κ2) is 2.22. The van der Waals surface area contributed by atoms with Crippen LogP contribution in [0.1, 0.15) is 19.3 Å². The fourth-order valence-corrected chi connectivity index (χ4v) is 38.7. The van der Waals surface area contributed by atoms with Crippen LogP contribution in [0.25, 0.3) is 0 Å². The predicted octanol–water partition coefficient (Wildman–Crippen LogP) is 3.88. The van der Waals surface area contributed by atoms with Crippen molar-refractivity contribution in [1.29, 1.82) is 0 Å². The molecule has 0 bridgehead atoms. The minimum absolute atomic E-state index is 1.09. The summed E-state index contributed by atoms with van der Waals surface area (Å²) in [5.74, 6) is 30.4. The molecule has 14 spiro atoms. The summed E-state index contributed by atoms with van der Waals surface area (Å²) in [5.41, 5.74) is 15.5. The predicted molar refractivity (Wildman–Crippen MR) is 125 cm³/mol. The fraction of sp³-hybridized carbons (Fsp3) is 1.00. The van der Waals surface area contributed by atoms with Gasteiger partial charge in [0.15, 0.2) is 0 Å². The van der Waals surface area contributed by atoms with E-state index < -0.39 is 0 Å². The Morgan fingerprint density at radius 1 is 0.256 bits per heavy atom. The average Bonchev–Trinajstić information content (AvgIpc) is 3.40. The molecule has 184 valence electrons. The van der Waals surface area contributed by atoms with E-state index in [1.165, 1.54) is 130 Å². The van der Waals surface area contributed by atoms with Gasteiger partial charge in [-0.25, -0.2) is 0 Å². The summed E-state index contributed by atoms with van der Waals surface area (Å²) in [4.78, 5) is 0. The van der Waals surface area contributed by atoms with E-state index in [4.69, 9.17) is 0 Å². The van der Waals surface area contributed by atoms with Crippen LogP contribution in [0, 0.1) is 206 Å². The molecule has 26 aliphatic carbocycles. The first-order valence-electron chi connectivity index (χ1n) is 19.4. The fourth-order valence-electron chi connectivity index (χ4n) is 38.7. The van der Waals surface area contributed by atoms with Gasteiger partial charge < -0.3 is 0 Å². The Labute approximate surface area is 224 Å². The lowest BCUT2D eigenvalue weighted by molar-refractivity contribution is -1.02. The summed E-state index contributed by atoms with van der Waals surface area (Å²) in [6, 6.07) is 0. The summed E-state index contributed by atoms with van der Waals surface area (Å²) < 4.78 is 0. The van der Waals surface area contributed by atoms with Crippen LogP contribution in [0.15, 0.2) is 0 Å². The van der Waals surface area contributed by atoms with Gasteiger partial charge in [0.1, 0.15) is 0 Å².